The summed E-state index contributed by atoms with van der Waals surface area (Å²) in [6.45, 7) is 7.56. The third kappa shape index (κ3) is 2.78. The fourth-order valence-electron chi connectivity index (χ4n) is 3.73. The summed E-state index contributed by atoms with van der Waals surface area (Å²) in [5, 5.41) is 0. The van der Waals surface area contributed by atoms with Gasteiger partial charge in [0.25, 0.3) is 0 Å². The smallest absolute Gasteiger partial charge is 0.333 e. The summed E-state index contributed by atoms with van der Waals surface area (Å²) in [6, 6.07) is 0. The van der Waals surface area contributed by atoms with Crippen LogP contribution in [0.25, 0.3) is 0 Å². The van der Waals surface area contributed by atoms with E-state index in [1.807, 2.05) is 0 Å². The molecule has 2 aliphatic carbocycles. The van der Waals surface area contributed by atoms with E-state index in [-0.39, 0.29) is 11.6 Å². The van der Waals surface area contributed by atoms with Crippen molar-refractivity contribution in [1.82, 2.24) is 0 Å². The minimum atomic E-state index is -0.205. The van der Waals surface area contributed by atoms with Crippen LogP contribution in [0.1, 0.15) is 65.2 Å². The fraction of sp³-hybridized carbons (Fsp3) is 0.812. The molecule has 0 aliphatic heterocycles. The van der Waals surface area contributed by atoms with Crippen molar-refractivity contribution in [1.29, 1.82) is 0 Å². The maximum Gasteiger partial charge on any atom is 0.333 e. The first-order valence-electron chi connectivity index (χ1n) is 7.45. The molecule has 0 N–H and O–H groups in total. The van der Waals surface area contributed by atoms with Gasteiger partial charge in [0.1, 0.15) is 5.60 Å². The van der Waals surface area contributed by atoms with E-state index in [9.17, 15) is 4.79 Å². The molecule has 1 unspecified atom stereocenters. The van der Waals surface area contributed by atoms with E-state index < -0.39 is 0 Å². The molecule has 0 amide bonds. The highest BCUT2D eigenvalue weighted by Crippen LogP contribution is 2.47. The Balaban J connectivity index is 1.97. The third-order valence-electron chi connectivity index (χ3n) is 4.97. The molecular weight excluding hydrogens is 224 g/mol. The predicted molar refractivity (Wildman–Crippen MR) is 73.2 cm³/mol. The van der Waals surface area contributed by atoms with E-state index in [1.165, 1.54) is 32.1 Å². The van der Waals surface area contributed by atoms with E-state index in [2.05, 4.69) is 13.5 Å². The van der Waals surface area contributed by atoms with Gasteiger partial charge in [-0.25, -0.2) is 4.79 Å². The van der Waals surface area contributed by atoms with Gasteiger partial charge in [-0.05, 0) is 44.4 Å². The van der Waals surface area contributed by atoms with Crippen LogP contribution in [0, 0.1) is 11.8 Å². The highest BCUT2D eigenvalue weighted by Gasteiger charge is 2.43. The summed E-state index contributed by atoms with van der Waals surface area (Å²) < 4.78 is 5.76. The van der Waals surface area contributed by atoms with Crippen molar-refractivity contribution < 1.29 is 9.53 Å². The average Bonchev–Trinajstić information content (AvgIpc) is 2.97. The van der Waals surface area contributed by atoms with E-state index in [4.69, 9.17) is 4.74 Å². The summed E-state index contributed by atoms with van der Waals surface area (Å²) in [4.78, 5) is 11.8. The van der Waals surface area contributed by atoms with Crippen molar-refractivity contribution >= 4 is 5.97 Å². The molecule has 102 valence electrons. The van der Waals surface area contributed by atoms with Gasteiger partial charge in [-0.15, -0.1) is 0 Å². The largest absolute Gasteiger partial charge is 0.456 e. The van der Waals surface area contributed by atoms with Gasteiger partial charge < -0.3 is 4.74 Å². The molecule has 0 aromatic rings. The Labute approximate surface area is 111 Å². The van der Waals surface area contributed by atoms with Crippen molar-refractivity contribution in [3.8, 4) is 0 Å². The van der Waals surface area contributed by atoms with E-state index >= 15 is 0 Å². The van der Waals surface area contributed by atoms with Crippen LogP contribution in [0.15, 0.2) is 12.2 Å². The lowest BCUT2D eigenvalue weighted by atomic mass is 9.87. The first kappa shape index (κ1) is 13.6. The maximum absolute atomic E-state index is 11.8. The first-order valence-corrected chi connectivity index (χ1v) is 7.45. The Bertz CT molecular complexity index is 328. The molecule has 2 atom stereocenters. The standard InChI is InChI=1S/C16H26O2/c1-4-16(18-15(17)12(2)3)10-9-14(11-16)13-7-5-6-8-13/h13-14H,2,4-11H2,1,3H3/t14?,16-/m1/s1. The van der Waals surface area contributed by atoms with E-state index in [0.29, 0.717) is 5.57 Å². The van der Waals surface area contributed by atoms with Gasteiger partial charge in [0.15, 0.2) is 0 Å². The molecule has 18 heavy (non-hydrogen) atoms. The molecule has 2 nitrogen and oxygen atoms in total. The van der Waals surface area contributed by atoms with Gasteiger partial charge in [0.2, 0.25) is 0 Å². The SMILES string of the molecule is C=C(C)C(=O)O[C@]1(CC)CCC(C2CCCC2)C1. The Morgan fingerprint density at radius 1 is 1.28 bits per heavy atom. The van der Waals surface area contributed by atoms with Crippen LogP contribution in [0.5, 0.6) is 0 Å². The highest BCUT2D eigenvalue weighted by atomic mass is 16.6. The Morgan fingerprint density at radius 3 is 2.50 bits per heavy atom. The molecule has 0 spiro atoms. The quantitative estimate of drug-likeness (QED) is 0.551. The van der Waals surface area contributed by atoms with Crippen LogP contribution >= 0.6 is 0 Å². The molecule has 2 saturated carbocycles. The lowest BCUT2D eigenvalue weighted by Gasteiger charge is -2.29. The molecule has 2 aliphatic rings. The Morgan fingerprint density at radius 2 is 1.94 bits per heavy atom. The number of ether oxygens (including phenoxy) is 1. The highest BCUT2D eigenvalue weighted by molar-refractivity contribution is 5.87. The van der Waals surface area contributed by atoms with E-state index in [1.54, 1.807) is 6.92 Å². The molecule has 0 radical (unpaired) electrons. The Kier molecular flexibility index (Phi) is 4.14. The van der Waals surface area contributed by atoms with Gasteiger partial charge in [-0.3, -0.25) is 0 Å². The molecule has 2 rings (SSSR count). The van der Waals surface area contributed by atoms with Gasteiger partial charge in [-0.2, -0.15) is 0 Å². The number of rotatable bonds is 4. The fourth-order valence-corrected chi connectivity index (χ4v) is 3.73. The van der Waals surface area contributed by atoms with Crippen LogP contribution in [-0.4, -0.2) is 11.6 Å². The van der Waals surface area contributed by atoms with Crippen LogP contribution in [0.2, 0.25) is 0 Å². The lowest BCUT2D eigenvalue weighted by molar-refractivity contribution is -0.155. The molecule has 0 heterocycles. The summed E-state index contributed by atoms with van der Waals surface area (Å²) in [6.07, 6.45) is 9.86. The van der Waals surface area contributed by atoms with Gasteiger partial charge in [-0.1, -0.05) is 39.2 Å². The van der Waals surface area contributed by atoms with Crippen LogP contribution in [0.3, 0.4) is 0 Å². The molecular formula is C16H26O2. The molecule has 0 saturated heterocycles. The molecule has 2 heteroatoms. The second-order valence-electron chi connectivity index (χ2n) is 6.25. The predicted octanol–water partition coefficient (Wildman–Crippen LogP) is 4.24. The maximum atomic E-state index is 11.8. The van der Waals surface area contributed by atoms with Crippen molar-refractivity contribution in [2.24, 2.45) is 11.8 Å². The topological polar surface area (TPSA) is 26.3 Å². The second-order valence-corrected chi connectivity index (χ2v) is 6.25. The minimum Gasteiger partial charge on any atom is -0.456 e. The zero-order chi connectivity index (χ0) is 13.2. The average molecular weight is 250 g/mol. The van der Waals surface area contributed by atoms with E-state index in [0.717, 1.165) is 31.1 Å². The summed E-state index contributed by atoms with van der Waals surface area (Å²) in [5.41, 5.74) is 0.329. The van der Waals surface area contributed by atoms with Crippen LogP contribution < -0.4 is 0 Å². The number of carbonyl (C=O) groups is 1. The third-order valence-corrected chi connectivity index (χ3v) is 4.97. The minimum absolute atomic E-state index is 0.191. The lowest BCUT2D eigenvalue weighted by Crippen LogP contribution is -2.32. The van der Waals surface area contributed by atoms with Crippen LogP contribution in [0.4, 0.5) is 0 Å². The summed E-state index contributed by atoms with van der Waals surface area (Å²) in [7, 11) is 0. The van der Waals surface area contributed by atoms with Crippen molar-refractivity contribution in [3.05, 3.63) is 12.2 Å². The molecule has 0 bridgehead atoms. The summed E-state index contributed by atoms with van der Waals surface area (Å²) >= 11 is 0. The number of hydrogen-bond donors (Lipinski definition) is 0. The van der Waals surface area contributed by atoms with Crippen molar-refractivity contribution in [3.63, 3.8) is 0 Å². The Hall–Kier alpha value is -0.790. The van der Waals surface area contributed by atoms with Gasteiger partial charge >= 0.3 is 5.97 Å². The van der Waals surface area contributed by atoms with Crippen LogP contribution in [-0.2, 0) is 9.53 Å². The zero-order valence-corrected chi connectivity index (χ0v) is 11.8. The number of carbonyl (C=O) groups excluding carboxylic acids is 1. The van der Waals surface area contributed by atoms with Crippen molar-refractivity contribution in [2.75, 3.05) is 0 Å². The molecule has 0 aromatic heterocycles. The monoisotopic (exact) mass is 250 g/mol. The number of esters is 1. The zero-order valence-electron chi connectivity index (χ0n) is 11.8. The normalized spacial score (nSPS) is 32.7. The first-order chi connectivity index (χ1) is 8.56. The summed E-state index contributed by atoms with van der Waals surface area (Å²) in [5.74, 6) is 1.47. The van der Waals surface area contributed by atoms with Crippen molar-refractivity contribution in [2.45, 2.75) is 70.8 Å². The molecule has 0 aromatic carbocycles. The number of hydrogen-bond acceptors (Lipinski definition) is 2. The molecule has 2 fully saturated rings. The van der Waals surface area contributed by atoms with Gasteiger partial charge in [0, 0.05) is 5.57 Å². The van der Waals surface area contributed by atoms with Gasteiger partial charge in [0.05, 0.1) is 0 Å². The second kappa shape index (κ2) is 5.46.